The third kappa shape index (κ3) is 5.19. The molecule has 1 amide bonds. The maximum atomic E-state index is 12.6. The van der Waals surface area contributed by atoms with Crippen LogP contribution in [-0.2, 0) is 13.2 Å². The van der Waals surface area contributed by atoms with Gasteiger partial charge in [-0.05, 0) is 66.6 Å². The highest BCUT2D eigenvalue weighted by Crippen LogP contribution is 2.21. The van der Waals surface area contributed by atoms with E-state index < -0.39 is 0 Å². The number of nitrogens with zero attached hydrogens (tertiary/aromatic N) is 3. The first-order valence-corrected chi connectivity index (χ1v) is 10.9. The Hall–Kier alpha value is -3.45. The number of aryl methyl sites for hydroxylation is 3. The first-order chi connectivity index (χ1) is 15.0. The number of hydrogen-bond donors (Lipinski definition) is 1. The number of rotatable bonds is 7. The van der Waals surface area contributed by atoms with Crippen molar-refractivity contribution in [1.82, 2.24) is 14.8 Å². The van der Waals surface area contributed by atoms with Gasteiger partial charge in [-0.2, -0.15) is 0 Å². The molecule has 2 aromatic heterocycles. The lowest BCUT2D eigenvalue weighted by molar-refractivity contribution is 0.102. The molecule has 0 unspecified atom stereocenters. The number of hydrogen-bond acceptors (Lipinski definition) is 5. The predicted molar refractivity (Wildman–Crippen MR) is 123 cm³/mol. The number of benzene rings is 2. The molecule has 6 nitrogen and oxygen atoms in total. The first-order valence-electron chi connectivity index (χ1n) is 10.0. The summed E-state index contributed by atoms with van der Waals surface area (Å²) in [5, 5.41) is 9.06. The second-order valence-corrected chi connectivity index (χ2v) is 8.41. The third-order valence-corrected chi connectivity index (χ3v) is 6.09. The number of anilines is 1. The Morgan fingerprint density at radius 2 is 1.90 bits per heavy atom. The minimum Gasteiger partial charge on any atom is -0.489 e. The first kappa shape index (κ1) is 20.8. The van der Waals surface area contributed by atoms with Crippen molar-refractivity contribution in [2.24, 2.45) is 0 Å². The lowest BCUT2D eigenvalue weighted by atomic mass is 10.1. The van der Waals surface area contributed by atoms with Gasteiger partial charge in [-0.15, -0.1) is 16.4 Å². The van der Waals surface area contributed by atoms with Crippen LogP contribution in [0, 0.1) is 20.8 Å². The van der Waals surface area contributed by atoms with Gasteiger partial charge >= 0.3 is 0 Å². The summed E-state index contributed by atoms with van der Waals surface area (Å²) in [5.74, 6) is 0.889. The van der Waals surface area contributed by atoms with E-state index >= 15 is 0 Å². The summed E-state index contributed by atoms with van der Waals surface area (Å²) < 4.78 is 7.57. The van der Waals surface area contributed by atoms with Gasteiger partial charge in [-0.1, -0.05) is 30.3 Å². The van der Waals surface area contributed by atoms with Gasteiger partial charge in [0.05, 0.1) is 11.4 Å². The molecular formula is C24H24N4O2S. The Bertz CT molecular complexity index is 1210. The summed E-state index contributed by atoms with van der Waals surface area (Å²) in [6.45, 7) is 7.21. The topological polar surface area (TPSA) is 69.0 Å². The second kappa shape index (κ2) is 9.14. The van der Waals surface area contributed by atoms with E-state index in [4.69, 9.17) is 4.74 Å². The van der Waals surface area contributed by atoms with Gasteiger partial charge in [0.1, 0.15) is 18.7 Å². The molecule has 2 aromatic carbocycles. The van der Waals surface area contributed by atoms with Gasteiger partial charge in [0, 0.05) is 5.56 Å². The van der Waals surface area contributed by atoms with Crippen LogP contribution in [0.1, 0.15) is 37.5 Å². The molecule has 0 aliphatic heterocycles. The van der Waals surface area contributed by atoms with Gasteiger partial charge in [0.2, 0.25) is 5.95 Å². The Labute approximate surface area is 185 Å². The number of carbonyl (C=O) groups is 1. The average Bonchev–Trinajstić information content (AvgIpc) is 3.40. The van der Waals surface area contributed by atoms with Crippen LogP contribution in [0.3, 0.4) is 0 Å². The molecule has 2 heterocycles. The Kier molecular flexibility index (Phi) is 6.13. The fourth-order valence-electron chi connectivity index (χ4n) is 3.09. The molecule has 7 heteroatoms. The van der Waals surface area contributed by atoms with Crippen LogP contribution in [-0.4, -0.2) is 20.7 Å². The second-order valence-electron chi connectivity index (χ2n) is 7.50. The number of nitrogens with one attached hydrogen (secondary N) is 1. The molecule has 0 saturated heterocycles. The zero-order valence-corrected chi connectivity index (χ0v) is 18.6. The molecule has 0 bridgehead atoms. The zero-order chi connectivity index (χ0) is 21.8. The standard InChI is InChI=1S/C24H24N4O2S/c1-16-8-9-21(10-18(16)3)30-13-19-11-22(31-14-19)23(29)26-24-25-15-28(27-24)12-20-7-5-4-6-17(20)2/h4-11,14-15H,12-13H2,1-3H3,(H,26,27,29). The maximum absolute atomic E-state index is 12.6. The van der Waals surface area contributed by atoms with E-state index in [1.807, 2.05) is 41.8 Å². The minimum atomic E-state index is -0.226. The third-order valence-electron chi connectivity index (χ3n) is 5.12. The van der Waals surface area contributed by atoms with E-state index in [0.29, 0.717) is 24.0 Å². The zero-order valence-electron chi connectivity index (χ0n) is 17.8. The molecule has 158 valence electrons. The molecule has 0 fully saturated rings. The molecule has 4 aromatic rings. The minimum absolute atomic E-state index is 0.226. The smallest absolute Gasteiger partial charge is 0.268 e. The monoisotopic (exact) mass is 432 g/mol. The molecular weight excluding hydrogens is 408 g/mol. The van der Waals surface area contributed by atoms with Gasteiger partial charge in [0.25, 0.3) is 5.91 Å². The van der Waals surface area contributed by atoms with E-state index in [1.54, 1.807) is 11.0 Å². The fraction of sp³-hybridized carbons (Fsp3) is 0.208. The maximum Gasteiger partial charge on any atom is 0.268 e. The Balaban J connectivity index is 1.34. The summed E-state index contributed by atoms with van der Waals surface area (Å²) in [5.41, 5.74) is 5.73. The molecule has 0 atom stereocenters. The van der Waals surface area contributed by atoms with Gasteiger partial charge in [-0.25, -0.2) is 9.67 Å². The van der Waals surface area contributed by atoms with E-state index in [1.165, 1.54) is 28.0 Å². The molecule has 0 spiro atoms. The quantitative estimate of drug-likeness (QED) is 0.439. The highest BCUT2D eigenvalue weighted by Gasteiger charge is 2.13. The van der Waals surface area contributed by atoms with Crippen molar-refractivity contribution in [1.29, 1.82) is 0 Å². The van der Waals surface area contributed by atoms with Gasteiger partial charge in [-0.3, -0.25) is 10.1 Å². The van der Waals surface area contributed by atoms with E-state index in [9.17, 15) is 4.79 Å². The number of ether oxygens (including phenoxy) is 1. The molecule has 0 aliphatic carbocycles. The summed E-state index contributed by atoms with van der Waals surface area (Å²) in [6.07, 6.45) is 1.62. The van der Waals surface area contributed by atoms with Crippen molar-refractivity contribution >= 4 is 23.2 Å². The Morgan fingerprint density at radius 3 is 2.71 bits per heavy atom. The molecule has 0 aliphatic rings. The summed E-state index contributed by atoms with van der Waals surface area (Å²) in [6, 6.07) is 16.0. The van der Waals surface area contributed by atoms with Crippen molar-refractivity contribution in [3.8, 4) is 5.75 Å². The van der Waals surface area contributed by atoms with Crippen molar-refractivity contribution in [3.63, 3.8) is 0 Å². The van der Waals surface area contributed by atoms with Crippen LogP contribution in [0.2, 0.25) is 0 Å². The molecule has 0 radical (unpaired) electrons. The lowest BCUT2D eigenvalue weighted by Gasteiger charge is -2.07. The van der Waals surface area contributed by atoms with Crippen molar-refractivity contribution in [2.75, 3.05) is 5.32 Å². The van der Waals surface area contributed by atoms with Crippen LogP contribution < -0.4 is 10.1 Å². The van der Waals surface area contributed by atoms with Gasteiger partial charge in [0.15, 0.2) is 0 Å². The number of thiophene rings is 1. The van der Waals surface area contributed by atoms with E-state index in [0.717, 1.165) is 16.9 Å². The van der Waals surface area contributed by atoms with Crippen LogP contribution in [0.25, 0.3) is 0 Å². The highest BCUT2D eigenvalue weighted by molar-refractivity contribution is 7.12. The Morgan fingerprint density at radius 1 is 1.06 bits per heavy atom. The largest absolute Gasteiger partial charge is 0.489 e. The van der Waals surface area contributed by atoms with E-state index in [2.05, 4.69) is 48.3 Å². The molecule has 0 saturated carbocycles. The summed E-state index contributed by atoms with van der Waals surface area (Å²) in [4.78, 5) is 17.4. The summed E-state index contributed by atoms with van der Waals surface area (Å²) >= 11 is 1.37. The van der Waals surface area contributed by atoms with Crippen LogP contribution in [0.4, 0.5) is 5.95 Å². The number of amides is 1. The van der Waals surface area contributed by atoms with Crippen molar-refractivity contribution < 1.29 is 9.53 Å². The SMILES string of the molecule is Cc1ccc(OCc2csc(C(=O)Nc3ncn(Cc4ccccc4C)n3)c2)cc1C. The molecule has 4 rings (SSSR count). The van der Waals surface area contributed by atoms with Crippen LogP contribution >= 0.6 is 11.3 Å². The normalized spacial score (nSPS) is 10.8. The summed E-state index contributed by atoms with van der Waals surface area (Å²) in [7, 11) is 0. The van der Waals surface area contributed by atoms with Crippen LogP contribution in [0.15, 0.2) is 60.2 Å². The average molecular weight is 433 g/mol. The van der Waals surface area contributed by atoms with Crippen molar-refractivity contribution in [2.45, 2.75) is 33.9 Å². The lowest BCUT2D eigenvalue weighted by Crippen LogP contribution is -2.12. The predicted octanol–water partition coefficient (Wildman–Crippen LogP) is 5.14. The highest BCUT2D eigenvalue weighted by atomic mass is 32.1. The van der Waals surface area contributed by atoms with Gasteiger partial charge < -0.3 is 4.74 Å². The van der Waals surface area contributed by atoms with E-state index in [-0.39, 0.29) is 5.91 Å². The fourth-order valence-corrected chi connectivity index (χ4v) is 3.89. The number of carbonyl (C=O) groups excluding carboxylic acids is 1. The molecule has 1 N–H and O–H groups in total. The molecule has 31 heavy (non-hydrogen) atoms. The van der Waals surface area contributed by atoms with Crippen LogP contribution in [0.5, 0.6) is 5.75 Å². The number of aromatic nitrogens is 3. The van der Waals surface area contributed by atoms with Crippen molar-refractivity contribution in [3.05, 3.63) is 92.9 Å².